The molecule has 0 amide bonds. The van der Waals surface area contributed by atoms with Crippen LogP contribution in [0.1, 0.15) is 23.0 Å². The minimum Gasteiger partial charge on any atom is -0.404 e. The van der Waals surface area contributed by atoms with Crippen molar-refractivity contribution >= 4 is 11.7 Å². The number of aliphatic imine (C=N–C) groups is 1. The van der Waals surface area contributed by atoms with Crippen molar-refractivity contribution in [3.8, 4) is 22.6 Å². The summed E-state index contributed by atoms with van der Waals surface area (Å²) < 4.78 is 61.4. The lowest BCUT2D eigenvalue weighted by Gasteiger charge is -2.28. The summed E-state index contributed by atoms with van der Waals surface area (Å²) in [6, 6.07) is 6.55. The first-order valence-corrected chi connectivity index (χ1v) is 11.7. The van der Waals surface area contributed by atoms with Crippen LogP contribution in [0.15, 0.2) is 66.1 Å². The molecule has 0 bridgehead atoms. The Kier molecular flexibility index (Phi) is 6.47. The second-order valence-electron chi connectivity index (χ2n) is 8.85. The molecule has 0 radical (unpaired) electrons. The number of aryl methyl sites for hydroxylation is 1. The van der Waals surface area contributed by atoms with Gasteiger partial charge in [-0.1, -0.05) is 0 Å². The van der Waals surface area contributed by atoms with Gasteiger partial charge in [0.25, 0.3) is 0 Å². The second-order valence-corrected chi connectivity index (χ2v) is 8.85. The highest BCUT2D eigenvalue weighted by atomic mass is 19.3. The summed E-state index contributed by atoms with van der Waals surface area (Å²) in [6.07, 6.45) is 6.48. The third-order valence-corrected chi connectivity index (χ3v) is 6.43. The number of anilines is 1. The molecule has 0 aliphatic carbocycles. The van der Waals surface area contributed by atoms with E-state index in [2.05, 4.69) is 25.5 Å². The van der Waals surface area contributed by atoms with Crippen molar-refractivity contribution in [1.29, 1.82) is 0 Å². The Hall–Kier alpha value is -4.48. The van der Waals surface area contributed by atoms with Gasteiger partial charge in [0.15, 0.2) is 5.82 Å². The van der Waals surface area contributed by atoms with Crippen LogP contribution in [0.2, 0.25) is 0 Å². The minimum atomic E-state index is -3.61. The SMILES string of the molecule is CN=C(C=CN)Nc1cc(-c2cc3n(c2)C[C@H](CF)n2c-3nnc2C(F)(F)c2ccc(F)cc2)c(C)cn1. The van der Waals surface area contributed by atoms with Gasteiger partial charge in [0, 0.05) is 37.1 Å². The van der Waals surface area contributed by atoms with Crippen molar-refractivity contribution in [3.05, 3.63) is 83.8 Å². The smallest absolute Gasteiger partial charge is 0.332 e. The number of alkyl halides is 3. The largest absolute Gasteiger partial charge is 0.404 e. The number of nitrogens with two attached hydrogens (primary N) is 1. The number of aromatic nitrogens is 5. The van der Waals surface area contributed by atoms with E-state index < -0.39 is 35.8 Å². The fourth-order valence-electron chi connectivity index (χ4n) is 4.53. The maximum atomic E-state index is 15.5. The number of benzene rings is 1. The molecule has 0 spiro atoms. The molecule has 1 aliphatic heterocycles. The fourth-order valence-corrected chi connectivity index (χ4v) is 4.53. The van der Waals surface area contributed by atoms with E-state index in [0.29, 0.717) is 17.3 Å². The van der Waals surface area contributed by atoms with Crippen molar-refractivity contribution < 1.29 is 17.6 Å². The summed E-state index contributed by atoms with van der Waals surface area (Å²) in [5.74, 6) is -3.78. The number of rotatable bonds is 6. The lowest BCUT2D eigenvalue weighted by molar-refractivity contribution is 0.0257. The summed E-state index contributed by atoms with van der Waals surface area (Å²) in [7, 11) is 1.62. The van der Waals surface area contributed by atoms with Crippen molar-refractivity contribution in [2.45, 2.75) is 25.4 Å². The Bertz CT molecular complexity index is 1540. The first-order chi connectivity index (χ1) is 18.3. The Labute approximate surface area is 215 Å². The number of nitrogens with one attached hydrogen (secondary N) is 1. The van der Waals surface area contributed by atoms with E-state index in [1.165, 1.54) is 6.20 Å². The predicted octanol–water partition coefficient (Wildman–Crippen LogP) is 4.83. The monoisotopic (exact) mass is 524 g/mol. The van der Waals surface area contributed by atoms with E-state index in [4.69, 9.17) is 5.73 Å². The van der Waals surface area contributed by atoms with Gasteiger partial charge in [-0.2, -0.15) is 8.78 Å². The zero-order valence-corrected chi connectivity index (χ0v) is 20.5. The van der Waals surface area contributed by atoms with E-state index in [-0.39, 0.29) is 12.4 Å². The average Bonchev–Trinajstić information content (AvgIpc) is 3.54. The molecule has 1 atom stereocenters. The van der Waals surface area contributed by atoms with Crippen LogP contribution < -0.4 is 11.1 Å². The molecule has 1 aliphatic rings. The molecule has 0 unspecified atom stereocenters. The molecule has 3 aromatic heterocycles. The molecule has 0 saturated heterocycles. The van der Waals surface area contributed by atoms with E-state index in [1.807, 2.05) is 19.2 Å². The normalized spacial score (nSPS) is 15.5. The van der Waals surface area contributed by atoms with Crippen LogP contribution in [0.5, 0.6) is 0 Å². The van der Waals surface area contributed by atoms with Crippen LogP contribution in [-0.2, 0) is 12.5 Å². The number of fused-ring (bicyclic) bond motifs is 3. The van der Waals surface area contributed by atoms with E-state index in [9.17, 15) is 8.78 Å². The minimum absolute atomic E-state index is 0.104. The summed E-state index contributed by atoms with van der Waals surface area (Å²) in [6.45, 7) is 1.10. The molecule has 5 rings (SSSR count). The Morgan fingerprint density at radius 1 is 1.24 bits per heavy atom. The van der Waals surface area contributed by atoms with Crippen molar-refractivity contribution in [1.82, 2.24) is 24.3 Å². The van der Waals surface area contributed by atoms with Crippen LogP contribution in [0.3, 0.4) is 0 Å². The molecule has 12 heteroatoms. The highest BCUT2D eigenvalue weighted by Crippen LogP contribution is 2.41. The zero-order chi connectivity index (χ0) is 27.0. The number of hydrogen-bond donors (Lipinski definition) is 2. The van der Waals surface area contributed by atoms with Gasteiger partial charge in [0.2, 0.25) is 5.82 Å². The van der Waals surface area contributed by atoms with Gasteiger partial charge in [0.1, 0.15) is 24.1 Å². The molecule has 1 aromatic carbocycles. The molecule has 196 valence electrons. The predicted molar refractivity (Wildman–Crippen MR) is 136 cm³/mol. The van der Waals surface area contributed by atoms with Crippen LogP contribution in [0.4, 0.5) is 23.4 Å². The van der Waals surface area contributed by atoms with Gasteiger partial charge in [-0.25, -0.2) is 13.8 Å². The van der Waals surface area contributed by atoms with Gasteiger partial charge in [0.05, 0.1) is 11.7 Å². The fraction of sp³-hybridized carbons (Fsp3) is 0.231. The summed E-state index contributed by atoms with van der Waals surface area (Å²) in [4.78, 5) is 8.49. The van der Waals surface area contributed by atoms with Crippen LogP contribution in [0.25, 0.3) is 22.6 Å². The molecular weight excluding hydrogens is 500 g/mol. The van der Waals surface area contributed by atoms with Gasteiger partial charge in [-0.05, 0) is 66.7 Å². The van der Waals surface area contributed by atoms with Gasteiger partial charge >= 0.3 is 5.92 Å². The van der Waals surface area contributed by atoms with Gasteiger partial charge < -0.3 is 15.6 Å². The first kappa shape index (κ1) is 25.2. The van der Waals surface area contributed by atoms with E-state index in [1.54, 1.807) is 30.0 Å². The van der Waals surface area contributed by atoms with Crippen LogP contribution in [0, 0.1) is 12.7 Å². The summed E-state index contributed by atoms with van der Waals surface area (Å²) in [5.41, 5.74) is 8.00. The summed E-state index contributed by atoms with van der Waals surface area (Å²) in [5, 5.41) is 10.9. The topological polar surface area (TPSA) is 98.9 Å². The lowest BCUT2D eigenvalue weighted by Crippen LogP contribution is -2.30. The number of halogens is 4. The molecular formula is C26H24F4N8. The Morgan fingerprint density at radius 3 is 2.68 bits per heavy atom. The molecule has 4 heterocycles. The maximum Gasteiger partial charge on any atom is 0.332 e. The average molecular weight is 525 g/mol. The number of hydrogen-bond acceptors (Lipinski definition) is 5. The maximum absolute atomic E-state index is 15.5. The molecule has 0 fully saturated rings. The van der Waals surface area contributed by atoms with E-state index >= 15 is 8.78 Å². The molecule has 4 aromatic rings. The zero-order valence-electron chi connectivity index (χ0n) is 20.5. The molecule has 38 heavy (non-hydrogen) atoms. The first-order valence-electron chi connectivity index (χ1n) is 11.7. The molecule has 0 saturated carbocycles. The van der Waals surface area contributed by atoms with Crippen LogP contribution >= 0.6 is 0 Å². The number of nitrogens with zero attached hydrogens (tertiary/aromatic N) is 6. The van der Waals surface area contributed by atoms with E-state index in [0.717, 1.165) is 45.5 Å². The van der Waals surface area contributed by atoms with Crippen LogP contribution in [-0.4, -0.2) is 43.9 Å². The summed E-state index contributed by atoms with van der Waals surface area (Å²) >= 11 is 0. The third kappa shape index (κ3) is 4.31. The lowest BCUT2D eigenvalue weighted by atomic mass is 10.0. The third-order valence-electron chi connectivity index (χ3n) is 6.43. The molecule has 8 nitrogen and oxygen atoms in total. The quantitative estimate of drug-likeness (QED) is 0.214. The highest BCUT2D eigenvalue weighted by molar-refractivity contribution is 6.03. The standard InChI is InChI=1S/C26H24F4N8/c1-15-12-33-23(34-22(32-2)7-8-31)10-20(15)16-9-21-24-35-36-25(38(24)19(11-27)14-37(21)13-16)26(29,30)17-3-5-18(28)6-4-17/h3-10,12-13,19H,11,14,31H2,1-2H3,(H,32,33,34)/t19-/m0/s1. The number of amidine groups is 1. The Morgan fingerprint density at radius 2 is 2.00 bits per heavy atom. The second kappa shape index (κ2) is 9.77. The van der Waals surface area contributed by atoms with Crippen molar-refractivity contribution in [3.63, 3.8) is 0 Å². The van der Waals surface area contributed by atoms with Crippen molar-refractivity contribution in [2.24, 2.45) is 10.7 Å². The van der Waals surface area contributed by atoms with Gasteiger partial charge in [-0.3, -0.25) is 9.56 Å². The Balaban J connectivity index is 1.56. The molecule has 3 N–H and O–H groups in total. The van der Waals surface area contributed by atoms with Gasteiger partial charge in [-0.15, -0.1) is 10.2 Å². The van der Waals surface area contributed by atoms with Crippen molar-refractivity contribution in [2.75, 3.05) is 19.0 Å². The highest BCUT2D eigenvalue weighted by Gasteiger charge is 2.43. The number of pyridine rings is 1.